The van der Waals surface area contributed by atoms with Crippen LogP contribution in [0.3, 0.4) is 0 Å². The number of carbonyl (C=O) groups is 1. The summed E-state index contributed by atoms with van der Waals surface area (Å²) < 4.78 is 39.3. The van der Waals surface area contributed by atoms with Crippen LogP contribution in [0.2, 0.25) is 0 Å². The number of anilines is 1. The number of thiazole rings is 1. The van der Waals surface area contributed by atoms with Crippen molar-refractivity contribution in [3.63, 3.8) is 0 Å². The highest BCUT2D eigenvalue weighted by Crippen LogP contribution is 2.31. The Kier molecular flexibility index (Phi) is 7.29. The van der Waals surface area contributed by atoms with Crippen LogP contribution in [0.1, 0.15) is 12.0 Å². The highest BCUT2D eigenvalue weighted by Gasteiger charge is 2.22. The first-order valence-electron chi connectivity index (χ1n) is 10.6. The van der Waals surface area contributed by atoms with E-state index in [9.17, 15) is 13.6 Å². The minimum atomic E-state index is -0.737. The summed E-state index contributed by atoms with van der Waals surface area (Å²) >= 11 is 1.10. The third kappa shape index (κ3) is 5.40. The summed E-state index contributed by atoms with van der Waals surface area (Å²) in [6.07, 6.45) is 0.711. The molecule has 0 radical (unpaired) electrons. The Bertz CT molecular complexity index is 1090. The van der Waals surface area contributed by atoms with Gasteiger partial charge in [0.1, 0.15) is 17.1 Å². The summed E-state index contributed by atoms with van der Waals surface area (Å²) in [5, 5.41) is 0.338. The van der Waals surface area contributed by atoms with Gasteiger partial charge in [-0.2, -0.15) is 0 Å². The maximum absolute atomic E-state index is 14.2. The smallest absolute Gasteiger partial charge is 0.266 e. The largest absolute Gasteiger partial charge is 0.483 e. The van der Waals surface area contributed by atoms with Gasteiger partial charge >= 0.3 is 0 Å². The SMILES string of the molecule is Cc1ccccc1OCC(=O)N(CCCN1CCOCC1)c1nc2c(F)cc(F)cc2s1. The molecule has 2 aromatic carbocycles. The number of ether oxygens (including phenoxy) is 2. The molecule has 1 amide bonds. The normalized spacial score (nSPS) is 14.6. The van der Waals surface area contributed by atoms with E-state index >= 15 is 0 Å². The zero-order valence-corrected chi connectivity index (χ0v) is 18.7. The second-order valence-electron chi connectivity index (χ2n) is 7.64. The van der Waals surface area contributed by atoms with Crippen molar-refractivity contribution in [2.45, 2.75) is 13.3 Å². The maximum atomic E-state index is 14.2. The maximum Gasteiger partial charge on any atom is 0.266 e. The lowest BCUT2D eigenvalue weighted by molar-refractivity contribution is -0.120. The molecule has 1 saturated heterocycles. The minimum absolute atomic E-state index is 0.0669. The fourth-order valence-corrected chi connectivity index (χ4v) is 4.65. The average Bonchev–Trinajstić information content (AvgIpc) is 3.20. The summed E-state index contributed by atoms with van der Waals surface area (Å²) in [6, 6.07) is 9.50. The first-order chi connectivity index (χ1) is 15.5. The van der Waals surface area contributed by atoms with Crippen molar-refractivity contribution >= 4 is 32.6 Å². The number of amides is 1. The fourth-order valence-electron chi connectivity index (χ4n) is 3.60. The third-order valence-electron chi connectivity index (χ3n) is 5.34. The first-order valence-corrected chi connectivity index (χ1v) is 11.4. The molecule has 3 aromatic rings. The summed E-state index contributed by atoms with van der Waals surface area (Å²) in [4.78, 5) is 21.2. The van der Waals surface area contributed by atoms with Crippen LogP contribution in [0, 0.1) is 18.6 Å². The molecule has 6 nitrogen and oxygen atoms in total. The van der Waals surface area contributed by atoms with Crippen molar-refractivity contribution in [2.75, 3.05) is 50.9 Å². The number of halogens is 2. The van der Waals surface area contributed by atoms with Gasteiger partial charge in [-0.3, -0.25) is 14.6 Å². The van der Waals surface area contributed by atoms with Gasteiger partial charge in [-0.15, -0.1) is 0 Å². The van der Waals surface area contributed by atoms with E-state index in [1.807, 2.05) is 25.1 Å². The van der Waals surface area contributed by atoms with Gasteiger partial charge in [-0.05, 0) is 31.0 Å². The van der Waals surface area contributed by atoms with Crippen molar-refractivity contribution in [1.82, 2.24) is 9.88 Å². The molecule has 1 aliphatic heterocycles. The van der Waals surface area contributed by atoms with E-state index in [0.717, 1.165) is 42.6 Å². The lowest BCUT2D eigenvalue weighted by Gasteiger charge is -2.27. The molecule has 0 atom stereocenters. The molecule has 1 fully saturated rings. The van der Waals surface area contributed by atoms with Gasteiger partial charge in [0, 0.05) is 32.2 Å². The van der Waals surface area contributed by atoms with Crippen molar-refractivity contribution in [1.29, 1.82) is 0 Å². The van der Waals surface area contributed by atoms with Crippen molar-refractivity contribution in [2.24, 2.45) is 0 Å². The standard InChI is InChI=1S/C23H25F2N3O3S/c1-16-5-2-3-6-19(16)31-15-21(29)28(8-4-7-27-9-11-30-12-10-27)23-26-22-18(25)13-17(24)14-20(22)32-23/h2-3,5-6,13-14H,4,7-12,15H2,1H3. The number of aryl methyl sites for hydroxylation is 1. The number of aromatic nitrogens is 1. The molecule has 4 rings (SSSR count). The molecule has 0 unspecified atom stereocenters. The average molecular weight is 462 g/mol. The Labute approximate surface area is 189 Å². The number of morpholine rings is 1. The van der Waals surface area contributed by atoms with Crippen molar-refractivity contribution < 1.29 is 23.0 Å². The van der Waals surface area contributed by atoms with E-state index in [0.29, 0.717) is 41.8 Å². The summed E-state index contributed by atoms with van der Waals surface area (Å²) in [5.41, 5.74) is 0.994. The van der Waals surface area contributed by atoms with Gasteiger partial charge in [0.15, 0.2) is 17.6 Å². The zero-order chi connectivity index (χ0) is 22.5. The molecule has 2 heterocycles. The monoisotopic (exact) mass is 461 g/mol. The van der Waals surface area contributed by atoms with Crippen molar-refractivity contribution in [3.05, 3.63) is 53.6 Å². The second-order valence-corrected chi connectivity index (χ2v) is 8.65. The predicted octanol–water partition coefficient (Wildman–Crippen LogP) is 4.02. The van der Waals surface area contributed by atoms with Gasteiger partial charge in [0.25, 0.3) is 5.91 Å². The van der Waals surface area contributed by atoms with Crippen molar-refractivity contribution in [3.8, 4) is 5.75 Å². The van der Waals surface area contributed by atoms with Crippen LogP contribution in [0.25, 0.3) is 10.2 Å². The molecule has 0 spiro atoms. The number of nitrogens with zero attached hydrogens (tertiary/aromatic N) is 3. The first kappa shape index (κ1) is 22.6. The number of fused-ring (bicyclic) bond motifs is 1. The van der Waals surface area contributed by atoms with Crippen LogP contribution in [0.4, 0.5) is 13.9 Å². The minimum Gasteiger partial charge on any atom is -0.483 e. The van der Waals surface area contributed by atoms with Gasteiger partial charge < -0.3 is 9.47 Å². The predicted molar refractivity (Wildman–Crippen MR) is 120 cm³/mol. The Hall–Kier alpha value is -2.62. The van der Waals surface area contributed by atoms with Crippen LogP contribution in [-0.2, 0) is 9.53 Å². The number of rotatable bonds is 8. The van der Waals surface area contributed by atoms with Crippen LogP contribution < -0.4 is 9.64 Å². The van der Waals surface area contributed by atoms with E-state index in [1.54, 1.807) is 6.07 Å². The zero-order valence-electron chi connectivity index (χ0n) is 17.9. The van der Waals surface area contributed by atoms with Crippen LogP contribution in [0.15, 0.2) is 36.4 Å². The molecule has 1 aliphatic rings. The fraction of sp³-hybridized carbons (Fsp3) is 0.391. The number of para-hydroxylation sites is 1. The van der Waals surface area contributed by atoms with Gasteiger partial charge in [-0.25, -0.2) is 13.8 Å². The Morgan fingerprint density at radius 2 is 2.03 bits per heavy atom. The Morgan fingerprint density at radius 1 is 1.25 bits per heavy atom. The van der Waals surface area contributed by atoms with Crippen LogP contribution >= 0.6 is 11.3 Å². The Balaban J connectivity index is 1.51. The van der Waals surface area contributed by atoms with E-state index in [1.165, 1.54) is 11.0 Å². The number of benzene rings is 2. The summed E-state index contributed by atoms with van der Waals surface area (Å²) in [7, 11) is 0. The summed E-state index contributed by atoms with van der Waals surface area (Å²) in [5.74, 6) is -1.06. The molecule has 0 N–H and O–H groups in total. The topological polar surface area (TPSA) is 54.9 Å². The molecule has 0 aliphatic carbocycles. The van der Waals surface area contributed by atoms with E-state index in [-0.39, 0.29) is 18.0 Å². The van der Waals surface area contributed by atoms with E-state index in [2.05, 4.69) is 9.88 Å². The quantitative estimate of drug-likeness (QED) is 0.507. The number of hydrogen-bond acceptors (Lipinski definition) is 6. The number of carbonyl (C=O) groups excluding carboxylic acids is 1. The molecule has 9 heteroatoms. The van der Waals surface area contributed by atoms with Crippen LogP contribution in [0.5, 0.6) is 5.75 Å². The highest BCUT2D eigenvalue weighted by atomic mass is 32.1. The molecule has 1 aromatic heterocycles. The number of hydrogen-bond donors (Lipinski definition) is 0. The lowest BCUT2D eigenvalue weighted by Crippen LogP contribution is -2.40. The molecule has 170 valence electrons. The van der Waals surface area contributed by atoms with Gasteiger partial charge in [-0.1, -0.05) is 29.5 Å². The molecule has 32 heavy (non-hydrogen) atoms. The molecule has 0 saturated carbocycles. The van der Waals surface area contributed by atoms with Crippen LogP contribution in [-0.4, -0.2) is 61.8 Å². The Morgan fingerprint density at radius 3 is 2.81 bits per heavy atom. The lowest BCUT2D eigenvalue weighted by atomic mass is 10.2. The third-order valence-corrected chi connectivity index (χ3v) is 6.36. The highest BCUT2D eigenvalue weighted by molar-refractivity contribution is 7.22. The van der Waals surface area contributed by atoms with E-state index < -0.39 is 11.6 Å². The molecule has 0 bridgehead atoms. The second kappa shape index (κ2) is 10.3. The van der Waals surface area contributed by atoms with Gasteiger partial charge in [0.05, 0.1) is 17.9 Å². The molecular formula is C23H25F2N3O3S. The van der Waals surface area contributed by atoms with E-state index in [4.69, 9.17) is 9.47 Å². The summed E-state index contributed by atoms with van der Waals surface area (Å²) in [6.45, 7) is 6.06. The van der Waals surface area contributed by atoms with Gasteiger partial charge in [0.2, 0.25) is 0 Å². The molecular weight excluding hydrogens is 436 g/mol.